The number of hydrogen-bond donors (Lipinski definition) is 1. The van der Waals surface area contributed by atoms with Crippen LogP contribution in [-0.2, 0) is 20.9 Å². The van der Waals surface area contributed by atoms with E-state index in [4.69, 9.17) is 11.2 Å². The van der Waals surface area contributed by atoms with E-state index >= 15 is 0 Å². The molecular weight excluding hydrogens is 286 g/mol. The van der Waals surface area contributed by atoms with Gasteiger partial charge >= 0.3 is 5.97 Å². The zero-order valence-electron chi connectivity index (χ0n) is 11.6. The molecule has 112 valence electrons. The van der Waals surface area contributed by atoms with E-state index in [2.05, 4.69) is 16.2 Å². The summed E-state index contributed by atoms with van der Waals surface area (Å²) in [5, 5.41) is 2.76. The second kappa shape index (κ2) is 7.04. The summed E-state index contributed by atoms with van der Waals surface area (Å²) < 4.78 is 5.89. The molecule has 0 radical (unpaired) electrons. The standard InChI is InChI=1S/C15H13N3O4/c1-2-7-16-13(19)9-22-14(20)8-18-10-17-12-6-4-3-5-11(12)15(18)21/h1,3-6,10H,7-9H2,(H,16,19). The van der Waals surface area contributed by atoms with E-state index in [0.29, 0.717) is 10.9 Å². The Bertz CT molecular complexity index is 804. The summed E-state index contributed by atoms with van der Waals surface area (Å²) in [6.07, 6.45) is 6.25. The number of aromatic nitrogens is 2. The summed E-state index contributed by atoms with van der Waals surface area (Å²) in [4.78, 5) is 39.1. The average molecular weight is 299 g/mol. The van der Waals surface area contributed by atoms with Crippen LogP contribution in [0.5, 0.6) is 0 Å². The first-order valence-corrected chi connectivity index (χ1v) is 6.42. The smallest absolute Gasteiger partial charge is 0.326 e. The van der Waals surface area contributed by atoms with Crippen LogP contribution in [-0.4, -0.2) is 34.6 Å². The number of para-hydroxylation sites is 1. The van der Waals surface area contributed by atoms with Crippen LogP contribution >= 0.6 is 0 Å². The van der Waals surface area contributed by atoms with Gasteiger partial charge in [0.15, 0.2) is 6.61 Å². The van der Waals surface area contributed by atoms with E-state index in [1.807, 2.05) is 0 Å². The van der Waals surface area contributed by atoms with E-state index in [0.717, 1.165) is 4.57 Å². The highest BCUT2D eigenvalue weighted by Gasteiger charge is 2.10. The molecular formula is C15H13N3O4. The van der Waals surface area contributed by atoms with Crippen LogP contribution in [0.15, 0.2) is 35.4 Å². The molecule has 1 aromatic heterocycles. The molecule has 2 aromatic rings. The summed E-state index contributed by atoms with van der Waals surface area (Å²) >= 11 is 0. The molecule has 0 aliphatic rings. The van der Waals surface area contributed by atoms with Crippen molar-refractivity contribution in [1.82, 2.24) is 14.9 Å². The highest BCUT2D eigenvalue weighted by atomic mass is 16.5. The van der Waals surface area contributed by atoms with E-state index in [9.17, 15) is 14.4 Å². The Morgan fingerprint density at radius 3 is 2.91 bits per heavy atom. The van der Waals surface area contributed by atoms with Gasteiger partial charge in [0.2, 0.25) is 0 Å². The predicted molar refractivity (Wildman–Crippen MR) is 78.8 cm³/mol. The fraction of sp³-hybridized carbons (Fsp3) is 0.200. The van der Waals surface area contributed by atoms with Crippen LogP contribution in [0.4, 0.5) is 0 Å². The Kier molecular flexibility index (Phi) is 4.88. The molecule has 2 rings (SSSR count). The quantitative estimate of drug-likeness (QED) is 0.604. The molecule has 0 saturated carbocycles. The lowest BCUT2D eigenvalue weighted by Gasteiger charge is -2.07. The number of carbonyl (C=O) groups excluding carboxylic acids is 2. The van der Waals surface area contributed by atoms with Crippen LogP contribution < -0.4 is 10.9 Å². The molecule has 1 aromatic carbocycles. The molecule has 0 aliphatic carbocycles. The molecule has 0 unspecified atom stereocenters. The average Bonchev–Trinajstić information content (AvgIpc) is 2.54. The number of amides is 1. The third kappa shape index (κ3) is 3.70. The van der Waals surface area contributed by atoms with Crippen LogP contribution in [0.2, 0.25) is 0 Å². The molecule has 1 heterocycles. The zero-order chi connectivity index (χ0) is 15.9. The molecule has 1 amide bonds. The van der Waals surface area contributed by atoms with E-state index in [1.165, 1.54) is 6.33 Å². The number of fused-ring (bicyclic) bond motifs is 1. The second-order valence-electron chi connectivity index (χ2n) is 4.34. The Morgan fingerprint density at radius 2 is 2.14 bits per heavy atom. The van der Waals surface area contributed by atoms with E-state index in [1.54, 1.807) is 24.3 Å². The van der Waals surface area contributed by atoms with Crippen molar-refractivity contribution in [2.45, 2.75) is 6.54 Å². The van der Waals surface area contributed by atoms with Crippen molar-refractivity contribution in [1.29, 1.82) is 0 Å². The summed E-state index contributed by atoms with van der Waals surface area (Å²) in [5.74, 6) is 1.01. The van der Waals surface area contributed by atoms with Crippen molar-refractivity contribution in [3.8, 4) is 12.3 Å². The minimum absolute atomic E-state index is 0.0600. The molecule has 22 heavy (non-hydrogen) atoms. The number of benzene rings is 1. The SMILES string of the molecule is C#CCNC(=O)COC(=O)Cn1cnc2ccccc2c1=O. The van der Waals surface area contributed by atoms with Gasteiger partial charge in [-0.2, -0.15) is 0 Å². The first kappa shape index (κ1) is 15.3. The van der Waals surface area contributed by atoms with Crippen molar-refractivity contribution in [3.63, 3.8) is 0 Å². The third-order valence-electron chi connectivity index (χ3n) is 2.78. The molecule has 0 spiro atoms. The van der Waals surface area contributed by atoms with Gasteiger partial charge in [-0.15, -0.1) is 6.42 Å². The molecule has 0 bridgehead atoms. The molecule has 0 aliphatic heterocycles. The molecule has 0 atom stereocenters. The molecule has 7 nitrogen and oxygen atoms in total. The Labute approximate surface area is 125 Å². The Morgan fingerprint density at radius 1 is 1.36 bits per heavy atom. The van der Waals surface area contributed by atoms with Gasteiger partial charge in [0.1, 0.15) is 6.54 Å². The lowest BCUT2D eigenvalue weighted by molar-refractivity contribution is -0.149. The molecule has 1 N–H and O–H groups in total. The second-order valence-corrected chi connectivity index (χ2v) is 4.34. The fourth-order valence-corrected chi connectivity index (χ4v) is 1.75. The van der Waals surface area contributed by atoms with Gasteiger partial charge < -0.3 is 10.1 Å². The van der Waals surface area contributed by atoms with Crippen molar-refractivity contribution in [2.75, 3.05) is 13.2 Å². The number of ether oxygens (including phenoxy) is 1. The first-order valence-electron chi connectivity index (χ1n) is 6.42. The van der Waals surface area contributed by atoms with Gasteiger partial charge in [-0.3, -0.25) is 19.0 Å². The third-order valence-corrected chi connectivity index (χ3v) is 2.78. The van der Waals surface area contributed by atoms with Crippen LogP contribution in [0.3, 0.4) is 0 Å². The van der Waals surface area contributed by atoms with Crippen LogP contribution in [0, 0.1) is 12.3 Å². The van der Waals surface area contributed by atoms with Crippen LogP contribution in [0.25, 0.3) is 10.9 Å². The van der Waals surface area contributed by atoms with Crippen molar-refractivity contribution >= 4 is 22.8 Å². The summed E-state index contributed by atoms with van der Waals surface area (Å²) in [6.45, 7) is -0.709. The number of esters is 1. The van der Waals surface area contributed by atoms with Crippen LogP contribution in [0.1, 0.15) is 0 Å². The van der Waals surface area contributed by atoms with Crippen molar-refractivity contribution < 1.29 is 14.3 Å². The topological polar surface area (TPSA) is 90.3 Å². The zero-order valence-corrected chi connectivity index (χ0v) is 11.6. The Balaban J connectivity index is 2.00. The maximum atomic E-state index is 12.2. The monoisotopic (exact) mass is 299 g/mol. The van der Waals surface area contributed by atoms with Crippen molar-refractivity contribution in [2.24, 2.45) is 0 Å². The molecule has 0 fully saturated rings. The van der Waals surface area contributed by atoms with Gasteiger partial charge in [-0.25, -0.2) is 4.98 Å². The van der Waals surface area contributed by atoms with Gasteiger partial charge in [0, 0.05) is 0 Å². The minimum atomic E-state index is -0.713. The summed E-state index contributed by atoms with van der Waals surface area (Å²) in [6, 6.07) is 6.81. The molecule has 0 saturated heterocycles. The number of terminal acetylenes is 1. The summed E-state index contributed by atoms with van der Waals surface area (Å²) in [7, 11) is 0. The van der Waals surface area contributed by atoms with Gasteiger partial charge in [-0.05, 0) is 12.1 Å². The number of hydrogen-bond acceptors (Lipinski definition) is 5. The van der Waals surface area contributed by atoms with Gasteiger partial charge in [-0.1, -0.05) is 18.1 Å². The number of nitrogens with one attached hydrogen (secondary N) is 1. The van der Waals surface area contributed by atoms with E-state index < -0.39 is 18.5 Å². The van der Waals surface area contributed by atoms with Gasteiger partial charge in [0.25, 0.3) is 11.5 Å². The highest BCUT2D eigenvalue weighted by molar-refractivity contribution is 5.81. The number of rotatable bonds is 5. The lowest BCUT2D eigenvalue weighted by Crippen LogP contribution is -2.31. The highest BCUT2D eigenvalue weighted by Crippen LogP contribution is 2.04. The maximum Gasteiger partial charge on any atom is 0.326 e. The largest absolute Gasteiger partial charge is 0.454 e. The predicted octanol–water partition coefficient (Wildman–Crippen LogP) is -0.311. The van der Waals surface area contributed by atoms with Gasteiger partial charge in [0.05, 0.1) is 23.8 Å². The lowest BCUT2D eigenvalue weighted by atomic mass is 10.2. The maximum absolute atomic E-state index is 12.2. The van der Waals surface area contributed by atoms with E-state index in [-0.39, 0.29) is 18.6 Å². The summed E-state index contributed by atoms with van der Waals surface area (Å²) in [5.41, 5.74) is 0.199. The Hall–Kier alpha value is -3.14. The molecule has 7 heteroatoms. The van der Waals surface area contributed by atoms with Crippen molar-refractivity contribution in [3.05, 3.63) is 40.9 Å². The fourth-order valence-electron chi connectivity index (χ4n) is 1.75. The number of nitrogens with zero attached hydrogens (tertiary/aromatic N) is 2. The first-order chi connectivity index (χ1) is 10.6. The normalized spacial score (nSPS) is 9.95. The number of carbonyl (C=O) groups is 2. The minimum Gasteiger partial charge on any atom is -0.454 e.